The van der Waals surface area contributed by atoms with Crippen molar-refractivity contribution in [3.8, 4) is 0 Å². The van der Waals surface area contributed by atoms with E-state index in [0.717, 1.165) is 6.42 Å². The van der Waals surface area contributed by atoms with Crippen molar-refractivity contribution in [1.82, 2.24) is 0 Å². The van der Waals surface area contributed by atoms with Crippen LogP contribution < -0.4 is 0 Å². The second kappa shape index (κ2) is 3.90. The Hall–Kier alpha value is -0.353. The van der Waals surface area contributed by atoms with E-state index in [2.05, 4.69) is 33.9 Å². The second-order valence-corrected chi connectivity index (χ2v) is 10.8. The highest BCUT2D eigenvalue weighted by atomic mass is 28.4. The molecule has 15 heavy (non-hydrogen) atoms. The molecule has 0 spiro atoms. The Morgan fingerprint density at radius 2 is 2.00 bits per heavy atom. The van der Waals surface area contributed by atoms with Crippen LogP contribution in [0.25, 0.3) is 0 Å². The fraction of sp³-hybridized carbons (Fsp3) is 0.909. The molecular formula is C11H22O3Si. The highest BCUT2D eigenvalue weighted by molar-refractivity contribution is 6.74. The van der Waals surface area contributed by atoms with Crippen molar-refractivity contribution in [3.63, 3.8) is 0 Å². The van der Waals surface area contributed by atoms with Gasteiger partial charge in [-0.15, -0.1) is 0 Å². The lowest BCUT2D eigenvalue weighted by atomic mass is 10.2. The molecule has 1 fully saturated rings. The zero-order valence-electron chi connectivity index (χ0n) is 10.3. The number of carbonyl (C=O) groups is 1. The fourth-order valence-electron chi connectivity index (χ4n) is 1.27. The normalized spacial score (nSPS) is 26.5. The highest BCUT2D eigenvalue weighted by Gasteiger charge is 2.45. The van der Waals surface area contributed by atoms with Gasteiger partial charge in [0.1, 0.15) is 0 Å². The third-order valence-corrected chi connectivity index (χ3v) is 8.20. The Morgan fingerprint density at radius 1 is 1.47 bits per heavy atom. The summed E-state index contributed by atoms with van der Waals surface area (Å²) in [7, 11) is -1.68. The summed E-state index contributed by atoms with van der Waals surface area (Å²) in [6, 6.07) is 0. The van der Waals surface area contributed by atoms with Crippen molar-refractivity contribution >= 4 is 14.3 Å². The SMILES string of the molecule is CC(C)(C)[Si](C)(C)OCC1CC1C(=O)O. The molecule has 0 aromatic rings. The molecular weight excluding hydrogens is 208 g/mol. The molecule has 1 aliphatic rings. The van der Waals surface area contributed by atoms with Gasteiger partial charge in [0, 0.05) is 6.61 Å². The first kappa shape index (κ1) is 12.7. The van der Waals surface area contributed by atoms with Crippen LogP contribution in [-0.2, 0) is 9.22 Å². The molecule has 0 amide bonds. The van der Waals surface area contributed by atoms with Gasteiger partial charge in [-0.3, -0.25) is 4.79 Å². The topological polar surface area (TPSA) is 46.5 Å². The Bertz CT molecular complexity index is 255. The predicted octanol–water partition coefficient (Wildman–Crippen LogP) is 2.73. The standard InChI is InChI=1S/C11H22O3Si/c1-11(2,3)15(4,5)14-7-8-6-9(8)10(12)13/h8-9H,6-7H2,1-5H3,(H,12,13). The van der Waals surface area contributed by atoms with Gasteiger partial charge in [0.2, 0.25) is 0 Å². The quantitative estimate of drug-likeness (QED) is 0.755. The van der Waals surface area contributed by atoms with Crippen LogP contribution in [0.2, 0.25) is 18.1 Å². The van der Waals surface area contributed by atoms with Crippen molar-refractivity contribution in [2.24, 2.45) is 11.8 Å². The van der Waals surface area contributed by atoms with E-state index in [1.165, 1.54) is 0 Å². The van der Waals surface area contributed by atoms with Gasteiger partial charge in [-0.25, -0.2) is 0 Å². The predicted molar refractivity (Wildman–Crippen MR) is 62.4 cm³/mol. The monoisotopic (exact) mass is 230 g/mol. The summed E-state index contributed by atoms with van der Waals surface area (Å²) >= 11 is 0. The van der Waals surface area contributed by atoms with Gasteiger partial charge in [-0.05, 0) is 30.5 Å². The molecule has 1 saturated carbocycles. The molecule has 0 heterocycles. The molecule has 1 N–H and O–H groups in total. The smallest absolute Gasteiger partial charge is 0.306 e. The van der Waals surface area contributed by atoms with E-state index in [-0.39, 0.29) is 16.9 Å². The van der Waals surface area contributed by atoms with Gasteiger partial charge >= 0.3 is 5.97 Å². The molecule has 0 aliphatic heterocycles. The van der Waals surface area contributed by atoms with Crippen molar-refractivity contribution in [2.45, 2.75) is 45.3 Å². The Balaban J connectivity index is 2.36. The van der Waals surface area contributed by atoms with E-state index in [9.17, 15) is 4.79 Å². The van der Waals surface area contributed by atoms with Gasteiger partial charge in [0.15, 0.2) is 8.32 Å². The largest absolute Gasteiger partial charge is 0.481 e. The van der Waals surface area contributed by atoms with Crippen molar-refractivity contribution < 1.29 is 14.3 Å². The van der Waals surface area contributed by atoms with Crippen molar-refractivity contribution in [3.05, 3.63) is 0 Å². The van der Waals surface area contributed by atoms with E-state index in [0.29, 0.717) is 6.61 Å². The maximum atomic E-state index is 10.6. The molecule has 0 aromatic carbocycles. The van der Waals surface area contributed by atoms with Gasteiger partial charge in [-0.1, -0.05) is 20.8 Å². The third kappa shape index (κ3) is 3.05. The van der Waals surface area contributed by atoms with E-state index >= 15 is 0 Å². The average Bonchev–Trinajstić information content (AvgIpc) is 2.77. The molecule has 0 radical (unpaired) electrons. The van der Waals surface area contributed by atoms with Gasteiger partial charge in [-0.2, -0.15) is 0 Å². The zero-order valence-corrected chi connectivity index (χ0v) is 11.3. The minimum Gasteiger partial charge on any atom is -0.481 e. The molecule has 2 unspecified atom stereocenters. The van der Waals surface area contributed by atoms with Crippen LogP contribution >= 0.6 is 0 Å². The second-order valence-electron chi connectivity index (χ2n) is 6.01. The summed E-state index contributed by atoms with van der Waals surface area (Å²) in [6.45, 7) is 11.6. The summed E-state index contributed by atoms with van der Waals surface area (Å²) in [5, 5.41) is 8.98. The Morgan fingerprint density at radius 3 is 2.33 bits per heavy atom. The van der Waals surface area contributed by atoms with Crippen LogP contribution in [0.3, 0.4) is 0 Å². The van der Waals surface area contributed by atoms with Crippen LogP contribution in [0.5, 0.6) is 0 Å². The molecule has 1 rings (SSSR count). The summed E-state index contributed by atoms with van der Waals surface area (Å²) < 4.78 is 5.97. The summed E-state index contributed by atoms with van der Waals surface area (Å²) in [5.74, 6) is -0.551. The highest BCUT2D eigenvalue weighted by Crippen LogP contribution is 2.42. The number of rotatable bonds is 4. The average molecular weight is 230 g/mol. The number of carboxylic acids is 1. The maximum Gasteiger partial charge on any atom is 0.306 e. The Labute approximate surface area is 93.0 Å². The fourth-order valence-corrected chi connectivity index (χ4v) is 2.33. The van der Waals surface area contributed by atoms with Crippen LogP contribution in [0, 0.1) is 11.8 Å². The lowest BCUT2D eigenvalue weighted by molar-refractivity contribution is -0.139. The maximum absolute atomic E-state index is 10.6. The van der Waals surface area contributed by atoms with Crippen molar-refractivity contribution in [1.29, 1.82) is 0 Å². The van der Waals surface area contributed by atoms with Gasteiger partial charge < -0.3 is 9.53 Å². The first-order valence-electron chi connectivity index (χ1n) is 5.52. The van der Waals surface area contributed by atoms with E-state index < -0.39 is 14.3 Å². The van der Waals surface area contributed by atoms with E-state index in [1.54, 1.807) is 0 Å². The lowest BCUT2D eigenvalue weighted by Crippen LogP contribution is -2.41. The number of carboxylic acid groups (broad SMARTS) is 1. The van der Waals surface area contributed by atoms with Crippen LogP contribution in [-0.4, -0.2) is 26.0 Å². The van der Waals surface area contributed by atoms with Crippen LogP contribution in [0.4, 0.5) is 0 Å². The first-order chi connectivity index (χ1) is 6.65. The third-order valence-electron chi connectivity index (χ3n) is 3.70. The molecule has 3 nitrogen and oxygen atoms in total. The molecule has 0 aromatic heterocycles. The van der Waals surface area contributed by atoms with E-state index in [1.807, 2.05) is 0 Å². The minimum atomic E-state index is -1.68. The zero-order chi connectivity index (χ0) is 11.9. The number of aliphatic carboxylic acids is 1. The molecule has 0 bridgehead atoms. The minimum absolute atomic E-state index is 0.144. The molecule has 88 valence electrons. The number of hydrogen-bond acceptors (Lipinski definition) is 2. The Kier molecular flexibility index (Phi) is 3.31. The first-order valence-corrected chi connectivity index (χ1v) is 8.43. The summed E-state index contributed by atoms with van der Waals surface area (Å²) in [4.78, 5) is 10.6. The van der Waals surface area contributed by atoms with Gasteiger partial charge in [0.25, 0.3) is 0 Å². The van der Waals surface area contributed by atoms with Gasteiger partial charge in [0.05, 0.1) is 5.92 Å². The van der Waals surface area contributed by atoms with Crippen LogP contribution in [0.15, 0.2) is 0 Å². The molecule has 4 heteroatoms. The molecule has 2 atom stereocenters. The van der Waals surface area contributed by atoms with Crippen molar-refractivity contribution in [2.75, 3.05) is 6.61 Å². The number of hydrogen-bond donors (Lipinski definition) is 1. The van der Waals surface area contributed by atoms with Crippen LogP contribution in [0.1, 0.15) is 27.2 Å². The summed E-state index contributed by atoms with van der Waals surface area (Å²) in [6.07, 6.45) is 0.796. The lowest BCUT2D eigenvalue weighted by Gasteiger charge is -2.36. The summed E-state index contributed by atoms with van der Waals surface area (Å²) in [5.41, 5.74) is 0. The van der Waals surface area contributed by atoms with E-state index in [4.69, 9.17) is 9.53 Å². The molecule has 1 aliphatic carbocycles. The molecule has 0 saturated heterocycles.